The summed E-state index contributed by atoms with van der Waals surface area (Å²) in [4.78, 5) is 6.50. The second-order valence-corrected chi connectivity index (χ2v) is 7.79. The van der Waals surface area contributed by atoms with Crippen LogP contribution in [0.5, 0.6) is 0 Å². The van der Waals surface area contributed by atoms with Gasteiger partial charge in [0, 0.05) is 25.8 Å². The minimum Gasteiger partial charge on any atom is -0.388 e. The van der Waals surface area contributed by atoms with Gasteiger partial charge in [-0.1, -0.05) is 12.2 Å². The highest BCUT2D eigenvalue weighted by Gasteiger charge is 2.28. The largest absolute Gasteiger partial charge is 0.388 e. The Kier molecular flexibility index (Phi) is 4.92. The molecule has 1 aliphatic heterocycles. The zero-order valence-electron chi connectivity index (χ0n) is 12.2. The van der Waals surface area contributed by atoms with Crippen molar-refractivity contribution >= 4 is 27.2 Å². The summed E-state index contributed by atoms with van der Waals surface area (Å²) < 4.78 is 26.4. The van der Waals surface area contributed by atoms with Crippen molar-refractivity contribution in [3.8, 4) is 0 Å². The highest BCUT2D eigenvalue weighted by atomic mass is 32.2. The van der Waals surface area contributed by atoms with Crippen molar-refractivity contribution in [2.24, 2.45) is 5.73 Å². The van der Waals surface area contributed by atoms with Gasteiger partial charge in [-0.15, -0.1) is 0 Å². The van der Waals surface area contributed by atoms with Gasteiger partial charge in [0.25, 0.3) is 0 Å². The topological polar surface area (TPSA) is 79.5 Å². The lowest BCUT2D eigenvalue weighted by atomic mass is 10.2. The van der Waals surface area contributed by atoms with Gasteiger partial charge in [-0.05, 0) is 38.6 Å². The minimum absolute atomic E-state index is 0.153. The molecular formula is C13H20N4O2S2. The molecular weight excluding hydrogens is 308 g/mol. The molecule has 2 rings (SSSR count). The van der Waals surface area contributed by atoms with Gasteiger partial charge in [0.05, 0.1) is 5.69 Å². The van der Waals surface area contributed by atoms with Crippen LogP contribution in [0.15, 0.2) is 23.2 Å². The van der Waals surface area contributed by atoms with E-state index in [1.54, 1.807) is 7.05 Å². The normalized spacial score (nSPS) is 20.0. The molecule has 1 unspecified atom stereocenters. The maximum atomic E-state index is 12.5. The maximum absolute atomic E-state index is 12.5. The van der Waals surface area contributed by atoms with E-state index in [1.165, 1.54) is 22.6 Å². The zero-order valence-corrected chi connectivity index (χ0v) is 13.8. The van der Waals surface area contributed by atoms with E-state index in [4.69, 9.17) is 18.0 Å². The molecule has 0 bridgehead atoms. The van der Waals surface area contributed by atoms with Gasteiger partial charge >= 0.3 is 0 Å². The number of nitrogens with two attached hydrogens (primary N) is 1. The molecule has 2 N–H and O–H groups in total. The Balaban J connectivity index is 2.14. The van der Waals surface area contributed by atoms with E-state index < -0.39 is 10.0 Å². The van der Waals surface area contributed by atoms with Crippen molar-refractivity contribution in [3.05, 3.63) is 24.0 Å². The molecule has 0 saturated carbocycles. The predicted molar refractivity (Wildman–Crippen MR) is 85.6 cm³/mol. The number of likely N-dealkylation sites (tertiary alicyclic amines) is 1. The molecule has 1 aromatic heterocycles. The Labute approximate surface area is 131 Å². The standard InChI is InChI=1S/C13H20N4O2S2/c1-16-7-3-4-10(16)9-17(2)21(18,19)11-5-6-12(13(14)20)15-8-11/h5-6,8,10H,3-4,7,9H2,1-2H3,(H2,14,20). The van der Waals surface area contributed by atoms with Crippen LogP contribution in [-0.4, -0.2) is 60.8 Å². The Morgan fingerprint density at radius 2 is 2.29 bits per heavy atom. The van der Waals surface area contributed by atoms with Crippen molar-refractivity contribution in [1.29, 1.82) is 0 Å². The number of hydrogen-bond donors (Lipinski definition) is 1. The fraction of sp³-hybridized carbons (Fsp3) is 0.538. The Morgan fingerprint density at radius 1 is 1.57 bits per heavy atom. The smallest absolute Gasteiger partial charge is 0.244 e. The average molecular weight is 328 g/mol. The Hall–Kier alpha value is -1.09. The number of hydrogen-bond acceptors (Lipinski definition) is 5. The van der Waals surface area contributed by atoms with Crippen molar-refractivity contribution in [1.82, 2.24) is 14.2 Å². The van der Waals surface area contributed by atoms with Crippen molar-refractivity contribution in [3.63, 3.8) is 0 Å². The van der Waals surface area contributed by atoms with Gasteiger partial charge in [0.1, 0.15) is 9.88 Å². The number of nitrogens with zero attached hydrogens (tertiary/aromatic N) is 3. The van der Waals surface area contributed by atoms with Crippen LogP contribution in [-0.2, 0) is 10.0 Å². The summed E-state index contributed by atoms with van der Waals surface area (Å²) in [5.74, 6) is 0. The number of aromatic nitrogens is 1. The van der Waals surface area contributed by atoms with Crippen LogP contribution in [0.1, 0.15) is 18.5 Å². The second kappa shape index (κ2) is 6.35. The molecule has 0 radical (unpaired) electrons. The fourth-order valence-electron chi connectivity index (χ4n) is 2.46. The third-order valence-corrected chi connectivity index (χ3v) is 5.85. The van der Waals surface area contributed by atoms with E-state index in [1.807, 2.05) is 7.05 Å². The third kappa shape index (κ3) is 3.57. The maximum Gasteiger partial charge on any atom is 0.244 e. The lowest BCUT2D eigenvalue weighted by Gasteiger charge is -2.25. The molecule has 21 heavy (non-hydrogen) atoms. The predicted octanol–water partition coefficient (Wildman–Crippen LogP) is 0.431. The molecule has 8 heteroatoms. The highest BCUT2D eigenvalue weighted by molar-refractivity contribution is 7.89. The Morgan fingerprint density at radius 3 is 2.76 bits per heavy atom. The quantitative estimate of drug-likeness (QED) is 0.790. The van der Waals surface area contributed by atoms with E-state index in [9.17, 15) is 8.42 Å². The summed E-state index contributed by atoms with van der Waals surface area (Å²) >= 11 is 4.81. The highest BCUT2D eigenvalue weighted by Crippen LogP contribution is 2.19. The van der Waals surface area contributed by atoms with Crippen LogP contribution >= 0.6 is 12.2 Å². The summed E-state index contributed by atoms with van der Waals surface area (Å²) in [5, 5.41) is 0. The first-order valence-electron chi connectivity index (χ1n) is 6.75. The van der Waals surface area contributed by atoms with Crippen molar-refractivity contribution < 1.29 is 8.42 Å². The molecule has 0 amide bonds. The first kappa shape index (κ1) is 16.3. The van der Waals surface area contributed by atoms with Gasteiger partial charge < -0.3 is 10.6 Å². The molecule has 6 nitrogen and oxygen atoms in total. The van der Waals surface area contributed by atoms with Crippen molar-refractivity contribution in [2.45, 2.75) is 23.8 Å². The van der Waals surface area contributed by atoms with Crippen molar-refractivity contribution in [2.75, 3.05) is 27.2 Å². The van der Waals surface area contributed by atoms with Crippen LogP contribution in [0.2, 0.25) is 0 Å². The first-order valence-corrected chi connectivity index (χ1v) is 8.59. The fourth-order valence-corrected chi connectivity index (χ4v) is 3.74. The van der Waals surface area contributed by atoms with E-state index in [2.05, 4.69) is 9.88 Å². The first-order chi connectivity index (χ1) is 9.82. The van der Waals surface area contributed by atoms with Gasteiger partial charge in [-0.25, -0.2) is 8.42 Å². The van der Waals surface area contributed by atoms with Gasteiger partial charge in [-0.2, -0.15) is 4.31 Å². The molecule has 116 valence electrons. The number of sulfonamides is 1. The van der Waals surface area contributed by atoms with Gasteiger partial charge in [0.2, 0.25) is 10.0 Å². The van der Waals surface area contributed by atoms with Crippen LogP contribution < -0.4 is 5.73 Å². The van der Waals surface area contributed by atoms with Gasteiger partial charge in [-0.3, -0.25) is 4.98 Å². The van der Waals surface area contributed by atoms with Crippen LogP contribution in [0.4, 0.5) is 0 Å². The van der Waals surface area contributed by atoms with Gasteiger partial charge in [0.15, 0.2) is 0 Å². The second-order valence-electron chi connectivity index (χ2n) is 5.31. The molecule has 0 aliphatic carbocycles. The number of likely N-dealkylation sites (N-methyl/N-ethyl adjacent to an activating group) is 2. The van der Waals surface area contributed by atoms with E-state index in [-0.39, 0.29) is 15.9 Å². The molecule has 0 spiro atoms. The summed E-state index contributed by atoms with van der Waals surface area (Å²) in [6.07, 6.45) is 3.44. The van der Waals surface area contributed by atoms with Crippen LogP contribution in [0.3, 0.4) is 0 Å². The number of thiocarbonyl (C=S) groups is 1. The molecule has 1 aromatic rings. The molecule has 2 heterocycles. The minimum atomic E-state index is -3.53. The molecule has 1 fully saturated rings. The van der Waals surface area contributed by atoms with Crippen LogP contribution in [0.25, 0.3) is 0 Å². The summed E-state index contributed by atoms with van der Waals surface area (Å²) in [5.41, 5.74) is 5.88. The molecule has 1 aliphatic rings. The lowest BCUT2D eigenvalue weighted by Crippen LogP contribution is -2.39. The van der Waals surface area contributed by atoms with E-state index in [0.717, 1.165) is 19.4 Å². The average Bonchev–Trinajstić information content (AvgIpc) is 2.84. The SMILES string of the molecule is CN1CCCC1CN(C)S(=O)(=O)c1ccc(C(N)=S)nc1. The molecule has 1 atom stereocenters. The van der Waals surface area contributed by atoms with Crippen LogP contribution in [0, 0.1) is 0 Å². The molecule has 1 saturated heterocycles. The third-order valence-electron chi connectivity index (χ3n) is 3.84. The zero-order chi connectivity index (χ0) is 15.6. The lowest BCUT2D eigenvalue weighted by molar-refractivity contribution is 0.271. The Bertz CT molecular complexity index is 616. The summed E-state index contributed by atoms with van der Waals surface area (Å²) in [6.45, 7) is 1.50. The summed E-state index contributed by atoms with van der Waals surface area (Å²) in [6, 6.07) is 3.30. The van der Waals surface area contributed by atoms with E-state index >= 15 is 0 Å². The monoisotopic (exact) mass is 328 g/mol. The number of pyridine rings is 1. The number of rotatable bonds is 5. The summed E-state index contributed by atoms with van der Waals surface area (Å²) in [7, 11) is 0.0924. The van der Waals surface area contributed by atoms with E-state index in [0.29, 0.717) is 12.2 Å². The molecule has 0 aromatic carbocycles.